The number of phosphoric ester groups is 1. The number of allylic oxidation sites excluding steroid dienone is 16. The van der Waals surface area contributed by atoms with Crippen LogP contribution in [0.2, 0.25) is 0 Å². The number of hydrogen-bond donors (Lipinski definition) is 0. The Balaban J connectivity index is 4.57. The van der Waals surface area contributed by atoms with Crippen molar-refractivity contribution in [1.82, 2.24) is 0 Å². The lowest BCUT2D eigenvalue weighted by molar-refractivity contribution is -0.870. The Kier molecular flexibility index (Phi) is 37.3. The molecule has 0 bridgehead atoms. The first kappa shape index (κ1) is 54.9. The monoisotopic (exact) mass is 830 g/mol. The summed E-state index contributed by atoms with van der Waals surface area (Å²) in [6.07, 6.45) is 51.7. The minimum atomic E-state index is -4.66. The van der Waals surface area contributed by atoms with Crippen LogP contribution < -0.4 is 4.89 Å². The zero-order valence-electron chi connectivity index (χ0n) is 36.9. The van der Waals surface area contributed by atoms with Crippen molar-refractivity contribution < 1.29 is 42.1 Å². The number of ether oxygens (including phenoxy) is 2. The topological polar surface area (TPSA) is 111 Å². The van der Waals surface area contributed by atoms with Crippen LogP contribution in [0.3, 0.4) is 0 Å². The van der Waals surface area contributed by atoms with Gasteiger partial charge in [0.15, 0.2) is 6.10 Å². The Hall–Kier alpha value is -3.07. The van der Waals surface area contributed by atoms with E-state index in [4.69, 9.17) is 18.5 Å². The van der Waals surface area contributed by atoms with Crippen LogP contribution >= 0.6 is 7.82 Å². The molecule has 2 atom stereocenters. The molecule has 0 saturated heterocycles. The van der Waals surface area contributed by atoms with Gasteiger partial charge in [0.05, 0.1) is 27.7 Å². The van der Waals surface area contributed by atoms with Gasteiger partial charge in [-0.15, -0.1) is 0 Å². The quantitative estimate of drug-likeness (QED) is 0.0199. The van der Waals surface area contributed by atoms with Crippen LogP contribution in [-0.2, 0) is 32.7 Å². The normalized spacial score (nSPS) is 14.5. The number of nitrogens with zero attached hydrogens (tertiary/aromatic N) is 1. The molecular formula is C48H80NO8P. The van der Waals surface area contributed by atoms with Crippen LogP contribution in [0.5, 0.6) is 0 Å². The first-order valence-corrected chi connectivity index (χ1v) is 23.4. The first-order chi connectivity index (χ1) is 28.0. The van der Waals surface area contributed by atoms with E-state index < -0.39 is 32.5 Å². The van der Waals surface area contributed by atoms with Crippen molar-refractivity contribution >= 4 is 19.8 Å². The van der Waals surface area contributed by atoms with E-state index in [1.807, 2.05) is 33.3 Å². The van der Waals surface area contributed by atoms with Crippen molar-refractivity contribution in [3.8, 4) is 0 Å². The van der Waals surface area contributed by atoms with Crippen molar-refractivity contribution in [2.24, 2.45) is 0 Å². The summed E-state index contributed by atoms with van der Waals surface area (Å²) in [5.74, 6) is -0.975. The highest BCUT2D eigenvalue weighted by atomic mass is 31.2. The lowest BCUT2D eigenvalue weighted by Gasteiger charge is -2.28. The molecule has 0 amide bonds. The fourth-order valence-corrected chi connectivity index (χ4v) is 5.90. The van der Waals surface area contributed by atoms with Gasteiger partial charge in [-0.1, -0.05) is 143 Å². The summed E-state index contributed by atoms with van der Waals surface area (Å²) in [5, 5.41) is 0. The molecule has 330 valence electrons. The molecule has 0 rings (SSSR count). The number of unbranched alkanes of at least 4 members (excludes halogenated alkanes) is 8. The van der Waals surface area contributed by atoms with E-state index in [2.05, 4.69) is 98.9 Å². The molecule has 10 heteroatoms. The molecule has 9 nitrogen and oxygen atoms in total. The Morgan fingerprint density at radius 2 is 0.983 bits per heavy atom. The maximum Gasteiger partial charge on any atom is 0.306 e. The molecule has 0 fully saturated rings. The van der Waals surface area contributed by atoms with E-state index in [9.17, 15) is 19.0 Å². The molecule has 1 unspecified atom stereocenters. The van der Waals surface area contributed by atoms with Crippen LogP contribution in [0, 0.1) is 0 Å². The number of rotatable bonds is 38. The van der Waals surface area contributed by atoms with Gasteiger partial charge in [-0.2, -0.15) is 0 Å². The van der Waals surface area contributed by atoms with Crippen LogP contribution in [0.4, 0.5) is 0 Å². The van der Waals surface area contributed by atoms with Gasteiger partial charge in [-0.3, -0.25) is 14.2 Å². The minimum absolute atomic E-state index is 0.0543. The number of esters is 2. The summed E-state index contributed by atoms with van der Waals surface area (Å²) >= 11 is 0. The van der Waals surface area contributed by atoms with Crippen LogP contribution in [0.25, 0.3) is 0 Å². The van der Waals surface area contributed by atoms with E-state index in [1.165, 1.54) is 38.5 Å². The van der Waals surface area contributed by atoms with Gasteiger partial charge in [0.25, 0.3) is 7.82 Å². The summed E-state index contributed by atoms with van der Waals surface area (Å²) in [6.45, 7) is 3.95. The van der Waals surface area contributed by atoms with Crippen LogP contribution in [0.15, 0.2) is 97.2 Å². The molecule has 0 aromatic rings. The second kappa shape index (κ2) is 39.4. The Morgan fingerprint density at radius 3 is 1.47 bits per heavy atom. The standard InChI is InChI=1S/C48H80NO8P/c1-6-8-10-12-14-16-18-20-22-24-26-28-30-32-34-36-38-40-47(50)54-44-46(45-56-58(52,53)55-43-42-49(3,4)5)57-48(51)41-39-37-35-33-31-29-27-25-23-21-19-17-15-13-11-9-7-2/h8,10,14,16,20-23,26-29,32-35,46H,6-7,9,11-13,15,17-19,24-25,30-31,36-45H2,1-5H3/b10-8+,16-14+,22-20+,23-21+,28-26+,29-27+,34-32+,35-33+/t46-/m1/s1. The third kappa shape index (κ3) is 42.5. The summed E-state index contributed by atoms with van der Waals surface area (Å²) in [6, 6.07) is 0. The Bertz CT molecular complexity index is 1300. The molecule has 0 aromatic carbocycles. The smallest absolute Gasteiger partial charge is 0.306 e. The maximum absolute atomic E-state index is 12.7. The predicted molar refractivity (Wildman–Crippen MR) is 240 cm³/mol. The lowest BCUT2D eigenvalue weighted by Crippen LogP contribution is -2.37. The van der Waals surface area contributed by atoms with Crippen molar-refractivity contribution in [2.75, 3.05) is 47.5 Å². The molecule has 0 N–H and O–H groups in total. The van der Waals surface area contributed by atoms with Gasteiger partial charge in [-0.25, -0.2) is 0 Å². The molecule has 0 aliphatic heterocycles. The van der Waals surface area contributed by atoms with Crippen molar-refractivity contribution in [2.45, 2.75) is 148 Å². The Morgan fingerprint density at radius 1 is 0.552 bits per heavy atom. The van der Waals surface area contributed by atoms with E-state index in [0.29, 0.717) is 30.3 Å². The van der Waals surface area contributed by atoms with Crippen molar-refractivity contribution in [3.63, 3.8) is 0 Å². The van der Waals surface area contributed by atoms with Crippen molar-refractivity contribution in [1.29, 1.82) is 0 Å². The third-order valence-electron chi connectivity index (χ3n) is 8.59. The number of hydrogen-bond acceptors (Lipinski definition) is 8. The molecule has 0 radical (unpaired) electrons. The fourth-order valence-electron chi connectivity index (χ4n) is 5.17. The largest absolute Gasteiger partial charge is 0.756 e. The summed E-state index contributed by atoms with van der Waals surface area (Å²) in [7, 11) is 1.09. The van der Waals surface area contributed by atoms with Gasteiger partial charge in [0, 0.05) is 12.8 Å². The highest BCUT2D eigenvalue weighted by Gasteiger charge is 2.21. The number of phosphoric acid groups is 1. The molecule has 0 heterocycles. The third-order valence-corrected chi connectivity index (χ3v) is 9.55. The van der Waals surface area contributed by atoms with E-state index >= 15 is 0 Å². The number of quaternary nitrogens is 1. The number of likely N-dealkylation sites (N-methyl/N-ethyl adjacent to an activating group) is 1. The lowest BCUT2D eigenvalue weighted by atomic mass is 10.1. The van der Waals surface area contributed by atoms with Crippen LogP contribution in [0.1, 0.15) is 142 Å². The van der Waals surface area contributed by atoms with E-state index in [1.54, 1.807) is 0 Å². The molecule has 0 saturated carbocycles. The van der Waals surface area contributed by atoms with Gasteiger partial charge >= 0.3 is 11.9 Å². The van der Waals surface area contributed by atoms with Crippen molar-refractivity contribution in [3.05, 3.63) is 97.2 Å². The highest BCUT2D eigenvalue weighted by Crippen LogP contribution is 2.38. The number of carbonyl (C=O) groups is 2. The average Bonchev–Trinajstić information content (AvgIpc) is 3.17. The second-order valence-corrected chi connectivity index (χ2v) is 16.7. The highest BCUT2D eigenvalue weighted by molar-refractivity contribution is 7.45. The molecule has 0 aliphatic carbocycles. The first-order valence-electron chi connectivity index (χ1n) is 21.9. The summed E-state index contributed by atoms with van der Waals surface area (Å²) < 4.78 is 33.7. The number of carbonyl (C=O) groups excluding carboxylic acids is 2. The minimum Gasteiger partial charge on any atom is -0.756 e. The van der Waals surface area contributed by atoms with Gasteiger partial charge in [-0.05, 0) is 83.5 Å². The predicted octanol–water partition coefficient (Wildman–Crippen LogP) is 11.9. The summed E-state index contributed by atoms with van der Waals surface area (Å²) in [5.41, 5.74) is 0. The molecule has 0 spiro atoms. The zero-order chi connectivity index (χ0) is 42.8. The van der Waals surface area contributed by atoms with Crippen LogP contribution in [-0.4, -0.2) is 70.0 Å². The molecule has 0 aromatic heterocycles. The van der Waals surface area contributed by atoms with Gasteiger partial charge in [0.1, 0.15) is 19.8 Å². The zero-order valence-corrected chi connectivity index (χ0v) is 37.8. The molecule has 58 heavy (non-hydrogen) atoms. The SMILES string of the molecule is CC/C=C/C/C=C/C/C=C/C/C=C/C/C=C/CCCC(=O)OC[C@H](COP(=O)([O-])OCC[N+](C)(C)C)OC(=O)CCC/C=C/C/C=C/C/C=C/CCCCCCCC. The fraction of sp³-hybridized carbons (Fsp3) is 0.625. The van der Waals surface area contributed by atoms with Gasteiger partial charge in [0.2, 0.25) is 0 Å². The van der Waals surface area contributed by atoms with E-state index in [-0.39, 0.29) is 26.1 Å². The maximum atomic E-state index is 12.7. The summed E-state index contributed by atoms with van der Waals surface area (Å²) in [4.78, 5) is 37.5. The van der Waals surface area contributed by atoms with E-state index in [0.717, 1.165) is 57.8 Å². The Labute approximate surface area is 353 Å². The molecular weight excluding hydrogens is 750 g/mol. The second-order valence-electron chi connectivity index (χ2n) is 15.3. The van der Waals surface area contributed by atoms with Gasteiger partial charge < -0.3 is 27.9 Å². The molecule has 0 aliphatic rings. The average molecular weight is 830 g/mol.